The zero-order valence-corrected chi connectivity index (χ0v) is 16.7. The highest BCUT2D eigenvalue weighted by Crippen LogP contribution is 2.41. The summed E-state index contributed by atoms with van der Waals surface area (Å²) in [6.45, 7) is 0.731. The number of aliphatic hydroxyl groups is 1. The molecule has 2 N–H and O–H groups in total. The van der Waals surface area contributed by atoms with Gasteiger partial charge in [-0.05, 0) is 48.9 Å². The van der Waals surface area contributed by atoms with E-state index in [-0.39, 0.29) is 11.3 Å². The molecule has 1 heterocycles. The molecule has 9 nitrogen and oxygen atoms in total. The highest BCUT2D eigenvalue weighted by atomic mass is 16.5. The smallest absolute Gasteiger partial charge is 0.341 e. The second-order valence-electron chi connectivity index (χ2n) is 6.69. The molecular formula is C22H19NO8. The first-order valence-electron chi connectivity index (χ1n) is 9.15. The Morgan fingerprint density at radius 1 is 1.03 bits per heavy atom. The van der Waals surface area contributed by atoms with Crippen molar-refractivity contribution >= 4 is 29.3 Å². The first kappa shape index (κ1) is 21.6. The number of esters is 1. The Bertz CT molecular complexity index is 1070. The Balaban J connectivity index is 2.00. The fourth-order valence-electron chi connectivity index (χ4n) is 3.31. The molecule has 2 aromatic carbocycles. The van der Waals surface area contributed by atoms with Crippen LogP contribution in [0.1, 0.15) is 28.9 Å². The third kappa shape index (κ3) is 4.25. The number of carbonyl (C=O) groups excluding carboxylic acids is 3. The monoisotopic (exact) mass is 425 g/mol. The van der Waals surface area contributed by atoms with Crippen LogP contribution in [0.5, 0.6) is 5.75 Å². The Morgan fingerprint density at radius 2 is 1.65 bits per heavy atom. The Kier molecular flexibility index (Phi) is 6.05. The normalized spacial score (nSPS) is 15.7. The summed E-state index contributed by atoms with van der Waals surface area (Å²) in [5, 5.41) is 19.1. The standard InChI is InChI=1S/C22H19NO8/c1-12(24)18-19(13-3-5-14(6-4-13)22(29)30-2)23(21(28)20(18)27)15-7-9-16(10-8-15)31-11-17(25)26/h3-10,19,27H,11H2,1-2H3,(H,25,26)/t19-/m0/s1. The van der Waals surface area contributed by atoms with Gasteiger partial charge in [-0.15, -0.1) is 0 Å². The zero-order chi connectivity index (χ0) is 22.7. The Hall–Kier alpha value is -4.14. The van der Waals surface area contributed by atoms with Crippen LogP contribution in [0.15, 0.2) is 59.9 Å². The van der Waals surface area contributed by atoms with E-state index < -0.39 is 42.0 Å². The summed E-state index contributed by atoms with van der Waals surface area (Å²) in [4.78, 5) is 48.6. The van der Waals surface area contributed by atoms with Crippen molar-refractivity contribution in [2.45, 2.75) is 13.0 Å². The third-order valence-electron chi connectivity index (χ3n) is 4.71. The summed E-state index contributed by atoms with van der Waals surface area (Å²) in [5.41, 5.74) is 1.08. The van der Waals surface area contributed by atoms with E-state index in [1.165, 1.54) is 55.3 Å². The number of hydrogen-bond donors (Lipinski definition) is 2. The van der Waals surface area contributed by atoms with Crippen molar-refractivity contribution < 1.29 is 38.9 Å². The molecule has 0 saturated carbocycles. The number of carboxylic acid groups (broad SMARTS) is 1. The van der Waals surface area contributed by atoms with Crippen LogP contribution in [0.25, 0.3) is 0 Å². The molecule has 160 valence electrons. The number of aliphatic hydroxyl groups excluding tert-OH is 1. The number of amides is 1. The van der Waals surface area contributed by atoms with Crippen LogP contribution in [0, 0.1) is 0 Å². The van der Waals surface area contributed by atoms with Gasteiger partial charge in [-0.25, -0.2) is 9.59 Å². The number of nitrogens with zero attached hydrogens (tertiary/aromatic N) is 1. The van der Waals surface area contributed by atoms with Crippen molar-refractivity contribution in [3.8, 4) is 5.75 Å². The van der Waals surface area contributed by atoms with Crippen LogP contribution in [0.3, 0.4) is 0 Å². The molecule has 0 aromatic heterocycles. The molecule has 2 aromatic rings. The van der Waals surface area contributed by atoms with Gasteiger partial charge < -0.3 is 19.7 Å². The maximum absolute atomic E-state index is 12.8. The Morgan fingerprint density at radius 3 is 2.16 bits per heavy atom. The topological polar surface area (TPSA) is 130 Å². The van der Waals surface area contributed by atoms with E-state index in [9.17, 15) is 24.3 Å². The number of carboxylic acids is 1. The minimum atomic E-state index is -1.13. The number of ether oxygens (including phenoxy) is 2. The zero-order valence-electron chi connectivity index (χ0n) is 16.7. The van der Waals surface area contributed by atoms with Crippen molar-refractivity contribution in [2.24, 2.45) is 0 Å². The highest BCUT2D eigenvalue weighted by molar-refractivity contribution is 6.16. The lowest BCUT2D eigenvalue weighted by Crippen LogP contribution is -2.30. The number of carbonyl (C=O) groups is 4. The van der Waals surface area contributed by atoms with Crippen LogP contribution < -0.4 is 9.64 Å². The number of rotatable bonds is 7. The number of Topliss-reactive ketones (excluding diaryl/α,β-unsaturated/α-hetero) is 1. The summed E-state index contributed by atoms with van der Waals surface area (Å²) < 4.78 is 9.77. The SMILES string of the molecule is COC(=O)c1ccc([C@H]2C(C(C)=O)=C(O)C(=O)N2c2ccc(OCC(=O)O)cc2)cc1. The molecule has 9 heteroatoms. The van der Waals surface area contributed by atoms with E-state index in [1.54, 1.807) is 12.1 Å². The van der Waals surface area contributed by atoms with Crippen LogP contribution in [0.2, 0.25) is 0 Å². The summed E-state index contributed by atoms with van der Waals surface area (Å²) >= 11 is 0. The minimum Gasteiger partial charge on any atom is -0.503 e. The van der Waals surface area contributed by atoms with Gasteiger partial charge in [0.2, 0.25) is 0 Å². The second kappa shape index (κ2) is 8.70. The molecular weight excluding hydrogens is 406 g/mol. The van der Waals surface area contributed by atoms with Gasteiger partial charge in [-0.3, -0.25) is 14.5 Å². The molecule has 0 fully saturated rings. The van der Waals surface area contributed by atoms with E-state index in [0.29, 0.717) is 16.8 Å². The van der Waals surface area contributed by atoms with Gasteiger partial charge in [0.1, 0.15) is 5.75 Å². The van der Waals surface area contributed by atoms with Gasteiger partial charge in [0, 0.05) is 5.69 Å². The van der Waals surface area contributed by atoms with Gasteiger partial charge in [0.25, 0.3) is 5.91 Å². The van der Waals surface area contributed by atoms with E-state index in [2.05, 4.69) is 4.74 Å². The largest absolute Gasteiger partial charge is 0.503 e. The van der Waals surface area contributed by atoms with E-state index in [1.807, 2.05) is 0 Å². The summed E-state index contributed by atoms with van der Waals surface area (Å²) in [6.07, 6.45) is 0. The van der Waals surface area contributed by atoms with Crippen molar-refractivity contribution in [1.82, 2.24) is 0 Å². The van der Waals surface area contributed by atoms with Crippen LogP contribution >= 0.6 is 0 Å². The summed E-state index contributed by atoms with van der Waals surface area (Å²) in [6, 6.07) is 11.2. The number of hydrogen-bond acceptors (Lipinski definition) is 7. The molecule has 3 rings (SSSR count). The fourth-order valence-corrected chi connectivity index (χ4v) is 3.31. The lowest BCUT2D eigenvalue weighted by Gasteiger charge is -2.27. The molecule has 0 saturated heterocycles. The summed E-state index contributed by atoms with van der Waals surface area (Å²) in [5.74, 6) is -3.27. The maximum atomic E-state index is 12.8. The Labute approximate surface area is 177 Å². The van der Waals surface area contributed by atoms with Crippen molar-refractivity contribution in [2.75, 3.05) is 18.6 Å². The molecule has 0 bridgehead atoms. The fraction of sp³-hybridized carbons (Fsp3) is 0.182. The highest BCUT2D eigenvalue weighted by Gasteiger charge is 2.43. The van der Waals surface area contributed by atoms with Gasteiger partial charge >= 0.3 is 11.9 Å². The lowest BCUT2D eigenvalue weighted by molar-refractivity contribution is -0.139. The van der Waals surface area contributed by atoms with Gasteiger partial charge in [-0.1, -0.05) is 12.1 Å². The molecule has 1 aliphatic rings. The number of ketones is 1. The van der Waals surface area contributed by atoms with E-state index in [0.717, 1.165) is 0 Å². The summed E-state index contributed by atoms with van der Waals surface area (Å²) in [7, 11) is 1.26. The quantitative estimate of drug-likeness (QED) is 0.647. The predicted molar refractivity (Wildman–Crippen MR) is 108 cm³/mol. The average Bonchev–Trinajstić information content (AvgIpc) is 3.03. The molecule has 1 atom stereocenters. The average molecular weight is 425 g/mol. The van der Waals surface area contributed by atoms with Crippen molar-refractivity contribution in [1.29, 1.82) is 0 Å². The van der Waals surface area contributed by atoms with Crippen LogP contribution in [-0.2, 0) is 19.1 Å². The molecule has 0 aliphatic carbocycles. The maximum Gasteiger partial charge on any atom is 0.341 e. The first-order valence-corrected chi connectivity index (χ1v) is 9.15. The van der Waals surface area contributed by atoms with E-state index in [4.69, 9.17) is 9.84 Å². The second-order valence-corrected chi connectivity index (χ2v) is 6.69. The van der Waals surface area contributed by atoms with Crippen LogP contribution in [0.4, 0.5) is 5.69 Å². The minimum absolute atomic E-state index is 0.0676. The first-order chi connectivity index (χ1) is 14.7. The molecule has 1 amide bonds. The van der Waals surface area contributed by atoms with Crippen molar-refractivity contribution in [3.63, 3.8) is 0 Å². The third-order valence-corrected chi connectivity index (χ3v) is 4.71. The van der Waals surface area contributed by atoms with E-state index >= 15 is 0 Å². The van der Waals surface area contributed by atoms with Crippen LogP contribution in [-0.4, -0.2) is 47.6 Å². The number of benzene rings is 2. The molecule has 0 unspecified atom stereocenters. The molecule has 0 spiro atoms. The van der Waals surface area contributed by atoms with Crippen molar-refractivity contribution in [3.05, 3.63) is 71.0 Å². The molecule has 31 heavy (non-hydrogen) atoms. The van der Waals surface area contributed by atoms with Gasteiger partial charge in [-0.2, -0.15) is 0 Å². The molecule has 0 radical (unpaired) electrons. The number of aliphatic carboxylic acids is 1. The predicted octanol–water partition coefficient (Wildman–Crippen LogP) is 2.43. The van der Waals surface area contributed by atoms with Gasteiger partial charge in [0.15, 0.2) is 18.1 Å². The lowest BCUT2D eigenvalue weighted by atomic mass is 9.95. The number of anilines is 1. The number of methoxy groups -OCH3 is 1. The molecule has 1 aliphatic heterocycles. The van der Waals surface area contributed by atoms with Gasteiger partial charge in [0.05, 0.1) is 24.3 Å².